The number of nitrogens with zero attached hydrogens (tertiary/aromatic N) is 2. The van der Waals surface area contributed by atoms with Gasteiger partial charge in [-0.15, -0.1) is 0 Å². The highest BCUT2D eigenvalue weighted by molar-refractivity contribution is 6.32. The number of aryl methyl sites for hydroxylation is 1. The number of nitrogens with one attached hydrogen (secondary N) is 1. The van der Waals surface area contributed by atoms with Crippen LogP contribution in [-0.4, -0.2) is 4.98 Å². The normalized spacial score (nSPS) is 9.95. The van der Waals surface area contributed by atoms with Crippen LogP contribution in [0.3, 0.4) is 0 Å². The molecule has 0 saturated carbocycles. The first-order chi connectivity index (χ1) is 9.26. The molecule has 1 heterocycles. The van der Waals surface area contributed by atoms with Gasteiger partial charge in [-0.2, -0.15) is 5.26 Å². The molecule has 0 spiro atoms. The van der Waals surface area contributed by atoms with Crippen molar-refractivity contribution in [3.8, 4) is 6.07 Å². The molecule has 2 aromatic rings. The van der Waals surface area contributed by atoms with Gasteiger partial charge in [-0.1, -0.05) is 30.7 Å². The van der Waals surface area contributed by atoms with Crippen molar-refractivity contribution < 1.29 is 0 Å². The molecule has 4 heteroatoms. The average Bonchev–Trinajstić information content (AvgIpc) is 2.45. The number of pyridine rings is 1. The minimum absolute atomic E-state index is 0.462. The Labute approximate surface area is 117 Å². The van der Waals surface area contributed by atoms with Crippen LogP contribution in [0, 0.1) is 11.3 Å². The number of halogens is 1. The van der Waals surface area contributed by atoms with Crippen molar-refractivity contribution in [3.05, 3.63) is 58.4 Å². The van der Waals surface area contributed by atoms with Crippen LogP contribution in [0.25, 0.3) is 0 Å². The molecular weight excluding hydrogens is 258 g/mol. The molecule has 0 radical (unpaired) electrons. The Morgan fingerprint density at radius 2 is 2.16 bits per heavy atom. The third-order valence-corrected chi connectivity index (χ3v) is 3.25. The molecule has 0 atom stereocenters. The van der Waals surface area contributed by atoms with E-state index in [-0.39, 0.29) is 0 Å². The van der Waals surface area contributed by atoms with Gasteiger partial charge in [0.1, 0.15) is 6.07 Å². The van der Waals surface area contributed by atoms with Crippen molar-refractivity contribution in [2.45, 2.75) is 19.9 Å². The minimum Gasteiger partial charge on any atom is -0.378 e. The molecule has 1 aromatic carbocycles. The van der Waals surface area contributed by atoms with Gasteiger partial charge in [-0.25, -0.2) is 0 Å². The molecule has 0 amide bonds. The molecule has 19 heavy (non-hydrogen) atoms. The van der Waals surface area contributed by atoms with Gasteiger partial charge in [0, 0.05) is 6.20 Å². The summed E-state index contributed by atoms with van der Waals surface area (Å²) in [6.07, 6.45) is 2.71. The standard InChI is InChI=1S/C15H14ClN3/c1-2-11-5-4-8-18-15(11)10-19-14-7-3-6-13(16)12(14)9-17/h3-8,19H,2,10H2,1H3. The van der Waals surface area contributed by atoms with Crippen molar-refractivity contribution in [2.75, 3.05) is 5.32 Å². The van der Waals surface area contributed by atoms with Gasteiger partial charge in [0.2, 0.25) is 0 Å². The Bertz CT molecular complexity index is 617. The number of rotatable bonds is 4. The number of anilines is 1. The molecule has 0 saturated heterocycles. The molecule has 1 N–H and O–H groups in total. The van der Waals surface area contributed by atoms with Crippen molar-refractivity contribution in [3.63, 3.8) is 0 Å². The smallest absolute Gasteiger partial charge is 0.103 e. The summed E-state index contributed by atoms with van der Waals surface area (Å²) in [6.45, 7) is 2.68. The number of nitriles is 1. The van der Waals surface area contributed by atoms with Gasteiger partial charge in [0.25, 0.3) is 0 Å². The highest BCUT2D eigenvalue weighted by Crippen LogP contribution is 2.23. The highest BCUT2D eigenvalue weighted by atomic mass is 35.5. The number of hydrogen-bond donors (Lipinski definition) is 1. The molecule has 3 nitrogen and oxygen atoms in total. The van der Waals surface area contributed by atoms with Crippen LogP contribution in [0.15, 0.2) is 36.5 Å². The Balaban J connectivity index is 2.20. The minimum atomic E-state index is 0.462. The molecule has 0 fully saturated rings. The van der Waals surface area contributed by atoms with E-state index in [1.54, 1.807) is 12.3 Å². The van der Waals surface area contributed by atoms with E-state index in [9.17, 15) is 0 Å². The molecule has 1 aromatic heterocycles. The third-order valence-electron chi connectivity index (χ3n) is 2.94. The van der Waals surface area contributed by atoms with E-state index in [0.717, 1.165) is 17.8 Å². The second-order valence-electron chi connectivity index (χ2n) is 4.09. The van der Waals surface area contributed by atoms with E-state index < -0.39 is 0 Å². The van der Waals surface area contributed by atoms with E-state index in [4.69, 9.17) is 16.9 Å². The van der Waals surface area contributed by atoms with Crippen LogP contribution in [0.5, 0.6) is 0 Å². The first-order valence-corrected chi connectivity index (χ1v) is 6.49. The quantitative estimate of drug-likeness (QED) is 0.921. The summed E-state index contributed by atoms with van der Waals surface area (Å²) in [5.74, 6) is 0. The first kappa shape index (κ1) is 13.4. The lowest BCUT2D eigenvalue weighted by atomic mass is 10.1. The fraction of sp³-hybridized carbons (Fsp3) is 0.200. The van der Waals surface area contributed by atoms with Gasteiger partial charge in [-0.3, -0.25) is 4.98 Å². The number of hydrogen-bond acceptors (Lipinski definition) is 3. The third kappa shape index (κ3) is 3.04. The maximum absolute atomic E-state index is 9.11. The van der Waals surface area contributed by atoms with E-state index in [1.165, 1.54) is 5.56 Å². The zero-order chi connectivity index (χ0) is 13.7. The maximum atomic E-state index is 9.11. The summed E-state index contributed by atoms with van der Waals surface area (Å²) in [7, 11) is 0. The summed E-state index contributed by atoms with van der Waals surface area (Å²) in [5.41, 5.74) is 3.41. The number of aromatic nitrogens is 1. The van der Waals surface area contributed by atoms with Crippen molar-refractivity contribution >= 4 is 17.3 Å². The van der Waals surface area contributed by atoms with Gasteiger partial charge in [0.05, 0.1) is 28.5 Å². The molecule has 0 aliphatic heterocycles. The van der Waals surface area contributed by atoms with Gasteiger partial charge < -0.3 is 5.32 Å². The van der Waals surface area contributed by atoms with Crippen LogP contribution < -0.4 is 5.32 Å². The Morgan fingerprint density at radius 3 is 2.89 bits per heavy atom. The lowest BCUT2D eigenvalue weighted by Crippen LogP contribution is -2.06. The molecule has 2 rings (SSSR count). The SMILES string of the molecule is CCc1cccnc1CNc1cccc(Cl)c1C#N. The van der Waals surface area contributed by atoms with Crippen molar-refractivity contribution in [1.29, 1.82) is 5.26 Å². The second kappa shape index (κ2) is 6.21. The summed E-state index contributed by atoms with van der Waals surface area (Å²) in [4.78, 5) is 4.36. The predicted molar refractivity (Wildman–Crippen MR) is 77.1 cm³/mol. The van der Waals surface area contributed by atoms with Gasteiger partial charge >= 0.3 is 0 Å². The Morgan fingerprint density at radius 1 is 1.32 bits per heavy atom. The van der Waals surface area contributed by atoms with Crippen molar-refractivity contribution in [2.24, 2.45) is 0 Å². The van der Waals surface area contributed by atoms with Crippen molar-refractivity contribution in [1.82, 2.24) is 4.98 Å². The maximum Gasteiger partial charge on any atom is 0.103 e. The fourth-order valence-corrected chi connectivity index (χ4v) is 2.13. The summed E-state index contributed by atoms with van der Waals surface area (Å²) in [5, 5.41) is 12.8. The molecule has 0 bridgehead atoms. The van der Waals surface area contributed by atoms with E-state index in [1.807, 2.05) is 18.2 Å². The summed E-state index contributed by atoms with van der Waals surface area (Å²) >= 11 is 5.99. The Hall–Kier alpha value is -2.05. The lowest BCUT2D eigenvalue weighted by molar-refractivity contribution is 0.971. The van der Waals surface area contributed by atoms with Crippen LogP contribution in [0.1, 0.15) is 23.7 Å². The molecule has 0 aliphatic carbocycles. The van der Waals surface area contributed by atoms with Gasteiger partial charge in [0.15, 0.2) is 0 Å². The zero-order valence-electron chi connectivity index (χ0n) is 10.7. The lowest BCUT2D eigenvalue weighted by Gasteiger charge is -2.11. The largest absolute Gasteiger partial charge is 0.378 e. The second-order valence-corrected chi connectivity index (χ2v) is 4.50. The first-order valence-electron chi connectivity index (χ1n) is 6.11. The van der Waals surface area contributed by atoms with Crippen LogP contribution in [-0.2, 0) is 13.0 Å². The van der Waals surface area contributed by atoms with Gasteiger partial charge in [-0.05, 0) is 30.2 Å². The average molecular weight is 272 g/mol. The Kier molecular flexibility index (Phi) is 4.38. The fourth-order valence-electron chi connectivity index (χ4n) is 1.92. The molecule has 96 valence electrons. The van der Waals surface area contributed by atoms with Crippen LogP contribution in [0.2, 0.25) is 5.02 Å². The molecule has 0 aliphatic rings. The highest BCUT2D eigenvalue weighted by Gasteiger charge is 2.07. The van der Waals surface area contributed by atoms with E-state index in [0.29, 0.717) is 17.1 Å². The summed E-state index contributed by atoms with van der Waals surface area (Å²) in [6, 6.07) is 11.5. The summed E-state index contributed by atoms with van der Waals surface area (Å²) < 4.78 is 0. The predicted octanol–water partition coefficient (Wildman–Crippen LogP) is 3.78. The zero-order valence-corrected chi connectivity index (χ0v) is 11.4. The van der Waals surface area contributed by atoms with Crippen LogP contribution >= 0.6 is 11.6 Å². The number of benzene rings is 1. The van der Waals surface area contributed by atoms with E-state index >= 15 is 0 Å². The molecular formula is C15H14ClN3. The topological polar surface area (TPSA) is 48.7 Å². The monoisotopic (exact) mass is 271 g/mol. The van der Waals surface area contributed by atoms with Crippen LogP contribution in [0.4, 0.5) is 5.69 Å². The molecule has 0 unspecified atom stereocenters. The van der Waals surface area contributed by atoms with E-state index in [2.05, 4.69) is 29.4 Å².